The molecule has 0 N–H and O–H groups in total. The lowest BCUT2D eigenvalue weighted by Gasteiger charge is -2.09. The third-order valence-corrected chi connectivity index (χ3v) is 4.20. The van der Waals surface area contributed by atoms with E-state index in [1.807, 2.05) is 0 Å². The van der Waals surface area contributed by atoms with E-state index in [1.54, 1.807) is 0 Å². The van der Waals surface area contributed by atoms with Crippen molar-refractivity contribution < 1.29 is 4.57 Å². The minimum absolute atomic E-state index is 0.427. The number of hydrogen-bond acceptors (Lipinski definition) is 0. The van der Waals surface area contributed by atoms with Gasteiger partial charge in [-0.25, -0.2) is 9.13 Å². The molecule has 3 aromatic rings. The van der Waals surface area contributed by atoms with Crippen molar-refractivity contribution in [3.8, 4) is 11.4 Å². The number of benzene rings is 2. The summed E-state index contributed by atoms with van der Waals surface area (Å²) in [7, 11) is 2.17. The fourth-order valence-corrected chi connectivity index (χ4v) is 3.22. The summed E-state index contributed by atoms with van der Waals surface area (Å²) in [5.74, 6) is 1.30. The van der Waals surface area contributed by atoms with Gasteiger partial charge in [0, 0.05) is 0 Å². The van der Waals surface area contributed by atoms with Crippen LogP contribution in [0.15, 0.2) is 48.5 Å². The quantitative estimate of drug-likeness (QED) is 0.633. The molecule has 3 rings (SSSR count). The van der Waals surface area contributed by atoms with Gasteiger partial charge in [0.05, 0.1) is 18.7 Å². The van der Waals surface area contributed by atoms with E-state index in [2.05, 4.69) is 85.5 Å². The maximum Gasteiger partial charge on any atom is 0.290 e. The topological polar surface area (TPSA) is 8.81 Å². The Morgan fingerprint density at radius 1 is 1.00 bits per heavy atom. The van der Waals surface area contributed by atoms with Crippen molar-refractivity contribution >= 4 is 11.0 Å². The molecule has 0 aliphatic heterocycles. The van der Waals surface area contributed by atoms with Gasteiger partial charge in [0.25, 0.3) is 5.82 Å². The fraction of sp³-hybridized carbons (Fsp3) is 0.316. The molecule has 2 nitrogen and oxygen atoms in total. The summed E-state index contributed by atoms with van der Waals surface area (Å²) in [6.45, 7) is 6.73. The third-order valence-electron chi connectivity index (χ3n) is 4.20. The lowest BCUT2D eigenvalue weighted by Crippen LogP contribution is -2.30. The van der Waals surface area contributed by atoms with Crippen LogP contribution in [0.1, 0.15) is 32.4 Å². The Morgan fingerprint density at radius 3 is 2.38 bits per heavy atom. The minimum atomic E-state index is 0.427. The molecular formula is C19H23N2+. The summed E-state index contributed by atoms with van der Waals surface area (Å²) < 4.78 is 4.77. The molecule has 2 aromatic carbocycles. The smallest absolute Gasteiger partial charge is 0.226 e. The van der Waals surface area contributed by atoms with Crippen LogP contribution >= 0.6 is 0 Å². The van der Waals surface area contributed by atoms with Crippen molar-refractivity contribution in [1.29, 1.82) is 0 Å². The van der Waals surface area contributed by atoms with Gasteiger partial charge in [-0.1, -0.05) is 37.3 Å². The molecule has 0 spiro atoms. The number of aryl methyl sites for hydroxylation is 2. The van der Waals surface area contributed by atoms with E-state index in [-0.39, 0.29) is 0 Å². The second-order valence-corrected chi connectivity index (χ2v) is 5.85. The van der Waals surface area contributed by atoms with Crippen LogP contribution in [0.3, 0.4) is 0 Å². The first-order valence-corrected chi connectivity index (χ1v) is 7.72. The van der Waals surface area contributed by atoms with Crippen molar-refractivity contribution in [2.75, 3.05) is 0 Å². The van der Waals surface area contributed by atoms with Gasteiger partial charge in [-0.05, 0) is 44.0 Å². The predicted molar refractivity (Wildman–Crippen MR) is 88.3 cm³/mol. The van der Waals surface area contributed by atoms with E-state index in [4.69, 9.17) is 0 Å². The number of aromatic nitrogens is 2. The largest absolute Gasteiger partial charge is 0.290 e. The first kappa shape index (κ1) is 13.9. The second-order valence-electron chi connectivity index (χ2n) is 5.85. The number of fused-ring (bicyclic) bond motifs is 1. The van der Waals surface area contributed by atoms with E-state index in [1.165, 1.54) is 28.0 Å². The Hall–Kier alpha value is -2.09. The van der Waals surface area contributed by atoms with Gasteiger partial charge in [-0.3, -0.25) is 0 Å². The maximum absolute atomic E-state index is 2.45. The molecule has 0 aliphatic carbocycles. The zero-order valence-corrected chi connectivity index (χ0v) is 13.3. The molecule has 0 amide bonds. The van der Waals surface area contributed by atoms with Gasteiger partial charge < -0.3 is 0 Å². The molecule has 0 saturated carbocycles. The average molecular weight is 279 g/mol. The first-order chi connectivity index (χ1) is 10.1. The van der Waals surface area contributed by atoms with Gasteiger partial charge in [0.15, 0.2) is 11.0 Å². The van der Waals surface area contributed by atoms with Crippen molar-refractivity contribution in [2.24, 2.45) is 7.05 Å². The van der Waals surface area contributed by atoms with Gasteiger partial charge in [0.1, 0.15) is 0 Å². The molecule has 1 aromatic heterocycles. The zero-order chi connectivity index (χ0) is 15.0. The van der Waals surface area contributed by atoms with Crippen LogP contribution in [-0.2, 0) is 13.5 Å². The summed E-state index contributed by atoms with van der Waals surface area (Å²) in [6.07, 6.45) is 1.05. The molecule has 21 heavy (non-hydrogen) atoms. The standard InChI is InChI=1S/C19H23N2/c1-5-15-10-6-7-11-16(15)19-20(4)17-12-8-9-13-18(17)21(19)14(2)3/h6-14H,5H2,1-4H3/q+1. The van der Waals surface area contributed by atoms with E-state index in [0.29, 0.717) is 6.04 Å². The molecule has 1 heterocycles. The van der Waals surface area contributed by atoms with Crippen LogP contribution in [0.25, 0.3) is 22.4 Å². The summed E-state index contributed by atoms with van der Waals surface area (Å²) in [4.78, 5) is 0. The molecular weight excluding hydrogens is 256 g/mol. The highest BCUT2D eigenvalue weighted by Gasteiger charge is 2.26. The summed E-state index contributed by atoms with van der Waals surface area (Å²) >= 11 is 0. The summed E-state index contributed by atoms with van der Waals surface area (Å²) in [5, 5.41) is 0. The molecule has 2 heteroatoms. The SMILES string of the molecule is CCc1ccccc1-c1n(C(C)C)c2ccccc2[n+]1C. The molecule has 0 atom stereocenters. The lowest BCUT2D eigenvalue weighted by atomic mass is 10.0. The van der Waals surface area contributed by atoms with E-state index < -0.39 is 0 Å². The zero-order valence-electron chi connectivity index (χ0n) is 13.3. The van der Waals surface area contributed by atoms with Crippen LogP contribution in [0.4, 0.5) is 0 Å². The predicted octanol–water partition coefficient (Wildman–Crippen LogP) is 4.28. The van der Waals surface area contributed by atoms with E-state index in [9.17, 15) is 0 Å². The van der Waals surface area contributed by atoms with Crippen LogP contribution in [0, 0.1) is 0 Å². The van der Waals surface area contributed by atoms with Crippen LogP contribution < -0.4 is 4.57 Å². The number of nitrogens with zero attached hydrogens (tertiary/aromatic N) is 2. The minimum Gasteiger partial charge on any atom is -0.226 e. The molecule has 0 fully saturated rings. The Kier molecular flexibility index (Phi) is 3.54. The van der Waals surface area contributed by atoms with Crippen molar-refractivity contribution in [3.63, 3.8) is 0 Å². The second kappa shape index (κ2) is 5.36. The Morgan fingerprint density at radius 2 is 1.67 bits per heavy atom. The lowest BCUT2D eigenvalue weighted by molar-refractivity contribution is -0.634. The third kappa shape index (κ3) is 2.15. The van der Waals surface area contributed by atoms with Crippen molar-refractivity contribution in [3.05, 3.63) is 54.1 Å². The molecule has 0 aliphatic rings. The Labute approximate surface area is 126 Å². The van der Waals surface area contributed by atoms with E-state index >= 15 is 0 Å². The number of imidazole rings is 1. The number of rotatable bonds is 3. The normalized spacial score (nSPS) is 11.5. The fourth-order valence-electron chi connectivity index (χ4n) is 3.22. The van der Waals surface area contributed by atoms with Gasteiger partial charge in [-0.2, -0.15) is 0 Å². The molecule has 108 valence electrons. The number of hydrogen-bond donors (Lipinski definition) is 0. The maximum atomic E-state index is 2.45. The van der Waals surface area contributed by atoms with E-state index in [0.717, 1.165) is 6.42 Å². The van der Waals surface area contributed by atoms with Crippen LogP contribution in [-0.4, -0.2) is 4.57 Å². The Balaban J connectivity index is 2.41. The van der Waals surface area contributed by atoms with Crippen LogP contribution in [0.5, 0.6) is 0 Å². The highest BCUT2D eigenvalue weighted by atomic mass is 15.2. The van der Waals surface area contributed by atoms with Crippen molar-refractivity contribution in [1.82, 2.24) is 4.57 Å². The summed E-state index contributed by atoms with van der Waals surface area (Å²) in [6, 6.07) is 17.8. The van der Waals surface area contributed by atoms with Gasteiger partial charge >= 0.3 is 0 Å². The highest BCUT2D eigenvalue weighted by molar-refractivity contribution is 5.77. The molecule has 0 unspecified atom stereocenters. The van der Waals surface area contributed by atoms with Crippen molar-refractivity contribution in [2.45, 2.75) is 33.2 Å². The summed E-state index contributed by atoms with van der Waals surface area (Å²) in [5.41, 5.74) is 5.33. The highest BCUT2D eigenvalue weighted by Crippen LogP contribution is 2.28. The monoisotopic (exact) mass is 279 g/mol. The number of para-hydroxylation sites is 2. The van der Waals surface area contributed by atoms with Gasteiger partial charge in [-0.15, -0.1) is 0 Å². The first-order valence-electron chi connectivity index (χ1n) is 7.72. The molecule has 0 bridgehead atoms. The molecule has 0 radical (unpaired) electrons. The average Bonchev–Trinajstić information content (AvgIpc) is 2.81. The van der Waals surface area contributed by atoms with Crippen LogP contribution in [0.2, 0.25) is 0 Å². The van der Waals surface area contributed by atoms with Gasteiger partial charge in [0.2, 0.25) is 0 Å². The Bertz CT molecular complexity index is 781. The molecule has 0 saturated heterocycles.